The van der Waals surface area contributed by atoms with Crippen molar-refractivity contribution in [3.05, 3.63) is 16.1 Å². The normalized spacial score (nSPS) is 10.9. The Hall–Kier alpha value is -0.410. The Bertz CT molecular complexity index is 357. The van der Waals surface area contributed by atoms with Gasteiger partial charge in [0.2, 0.25) is 0 Å². The quantitative estimate of drug-likeness (QED) is 0.339. The minimum atomic E-state index is 0. The Morgan fingerprint density at radius 1 is 1.50 bits per heavy atom. The van der Waals surface area contributed by atoms with E-state index in [1.54, 1.807) is 25.5 Å². The Labute approximate surface area is 129 Å². The number of aromatic nitrogens is 1. The molecule has 0 saturated heterocycles. The Balaban J connectivity index is 0.00000289. The van der Waals surface area contributed by atoms with Crippen LogP contribution in [0.3, 0.4) is 0 Å². The van der Waals surface area contributed by atoms with Gasteiger partial charge in [-0.05, 0) is 6.42 Å². The van der Waals surface area contributed by atoms with Crippen molar-refractivity contribution >= 4 is 41.3 Å². The second kappa shape index (κ2) is 10.5. The summed E-state index contributed by atoms with van der Waals surface area (Å²) in [6.07, 6.45) is 0.992. The lowest BCUT2D eigenvalue weighted by Crippen LogP contribution is -2.38. The minimum Gasteiger partial charge on any atom is -0.383 e. The molecule has 104 valence electrons. The number of aryl methyl sites for hydroxylation is 1. The van der Waals surface area contributed by atoms with Crippen molar-refractivity contribution in [2.24, 2.45) is 4.99 Å². The van der Waals surface area contributed by atoms with Gasteiger partial charge in [-0.15, -0.1) is 35.3 Å². The second-order valence-corrected chi connectivity index (χ2v) is 4.37. The molecule has 2 N–H and O–H groups in total. The molecule has 0 aliphatic heterocycles. The van der Waals surface area contributed by atoms with Crippen molar-refractivity contribution in [2.75, 3.05) is 27.3 Å². The molecule has 1 aromatic rings. The van der Waals surface area contributed by atoms with Crippen LogP contribution in [0.2, 0.25) is 0 Å². The van der Waals surface area contributed by atoms with Gasteiger partial charge >= 0.3 is 0 Å². The van der Waals surface area contributed by atoms with E-state index in [0.29, 0.717) is 13.2 Å². The maximum absolute atomic E-state index is 4.96. The largest absolute Gasteiger partial charge is 0.383 e. The lowest BCUT2D eigenvalue weighted by molar-refractivity contribution is 0.203. The number of aliphatic imine (C=N–C) groups is 1. The van der Waals surface area contributed by atoms with Crippen LogP contribution >= 0.6 is 35.3 Å². The highest BCUT2D eigenvalue weighted by molar-refractivity contribution is 14.0. The molecular formula is C11H21IN4OS. The number of halogens is 1. The number of nitrogens with zero attached hydrogens (tertiary/aromatic N) is 2. The molecule has 0 fully saturated rings. The van der Waals surface area contributed by atoms with Gasteiger partial charge in [-0.3, -0.25) is 4.99 Å². The van der Waals surface area contributed by atoms with Crippen LogP contribution in [0.15, 0.2) is 10.4 Å². The number of ether oxygens (including phenoxy) is 1. The van der Waals surface area contributed by atoms with Crippen molar-refractivity contribution in [3.63, 3.8) is 0 Å². The minimum absolute atomic E-state index is 0. The molecule has 0 bridgehead atoms. The maximum atomic E-state index is 4.96. The van der Waals surface area contributed by atoms with E-state index in [1.165, 1.54) is 5.01 Å². The van der Waals surface area contributed by atoms with E-state index < -0.39 is 0 Å². The number of hydrogen-bond donors (Lipinski definition) is 2. The summed E-state index contributed by atoms with van der Waals surface area (Å²) in [5.74, 6) is 0.771. The van der Waals surface area contributed by atoms with E-state index >= 15 is 0 Å². The van der Waals surface area contributed by atoms with Crippen LogP contribution in [0.4, 0.5) is 0 Å². The van der Waals surface area contributed by atoms with Crippen LogP contribution in [0.25, 0.3) is 0 Å². The first-order valence-electron chi connectivity index (χ1n) is 5.66. The summed E-state index contributed by atoms with van der Waals surface area (Å²) in [6.45, 7) is 4.22. The average Bonchev–Trinajstić information content (AvgIpc) is 2.81. The molecule has 0 radical (unpaired) electrons. The Kier molecular flexibility index (Phi) is 10.3. The predicted octanol–water partition coefficient (Wildman–Crippen LogP) is 1.63. The van der Waals surface area contributed by atoms with E-state index in [-0.39, 0.29) is 24.0 Å². The fourth-order valence-corrected chi connectivity index (χ4v) is 2.00. The van der Waals surface area contributed by atoms with Crippen LogP contribution in [0.5, 0.6) is 0 Å². The Morgan fingerprint density at radius 2 is 2.28 bits per heavy atom. The molecule has 0 amide bonds. The first-order valence-corrected chi connectivity index (χ1v) is 6.54. The lowest BCUT2D eigenvalue weighted by atomic mass is 10.4. The van der Waals surface area contributed by atoms with Gasteiger partial charge < -0.3 is 15.4 Å². The van der Waals surface area contributed by atoms with Gasteiger partial charge in [0.1, 0.15) is 0 Å². The van der Waals surface area contributed by atoms with Crippen LogP contribution in [0.1, 0.15) is 17.6 Å². The van der Waals surface area contributed by atoms with Gasteiger partial charge in [-0.2, -0.15) is 0 Å². The smallest absolute Gasteiger partial charge is 0.191 e. The molecule has 0 saturated carbocycles. The highest BCUT2D eigenvalue weighted by Crippen LogP contribution is 2.09. The molecule has 0 aliphatic rings. The van der Waals surface area contributed by atoms with Crippen LogP contribution < -0.4 is 10.6 Å². The molecule has 1 aromatic heterocycles. The number of guanidine groups is 1. The molecule has 0 spiro atoms. The van der Waals surface area contributed by atoms with Gasteiger partial charge in [0.05, 0.1) is 23.9 Å². The van der Waals surface area contributed by atoms with Gasteiger partial charge in [0, 0.05) is 26.1 Å². The number of rotatable bonds is 6. The summed E-state index contributed by atoms with van der Waals surface area (Å²) < 4.78 is 4.96. The number of thiazole rings is 1. The van der Waals surface area contributed by atoms with Gasteiger partial charge in [-0.25, -0.2) is 4.98 Å². The molecule has 0 atom stereocenters. The monoisotopic (exact) mass is 384 g/mol. The van der Waals surface area contributed by atoms with E-state index in [9.17, 15) is 0 Å². The van der Waals surface area contributed by atoms with Gasteiger partial charge in [-0.1, -0.05) is 6.92 Å². The summed E-state index contributed by atoms with van der Waals surface area (Å²) in [7, 11) is 3.43. The maximum Gasteiger partial charge on any atom is 0.191 e. The molecule has 5 nitrogen and oxygen atoms in total. The van der Waals surface area contributed by atoms with Crippen LogP contribution in [-0.4, -0.2) is 38.3 Å². The molecule has 1 heterocycles. The van der Waals surface area contributed by atoms with E-state index in [4.69, 9.17) is 4.74 Å². The highest BCUT2D eigenvalue weighted by Gasteiger charge is 2.01. The van der Waals surface area contributed by atoms with E-state index in [2.05, 4.69) is 32.9 Å². The third-order valence-electron chi connectivity index (χ3n) is 2.16. The van der Waals surface area contributed by atoms with Crippen molar-refractivity contribution in [2.45, 2.75) is 19.9 Å². The summed E-state index contributed by atoms with van der Waals surface area (Å²) in [5, 5.41) is 9.61. The number of methoxy groups -OCH3 is 1. The van der Waals surface area contributed by atoms with E-state index in [1.807, 2.05) is 0 Å². The molecule has 0 unspecified atom stereocenters. The SMILES string of the molecule is CCc1nc(CNC(=NC)NCCOC)cs1.I. The Morgan fingerprint density at radius 3 is 2.83 bits per heavy atom. The second-order valence-electron chi connectivity index (χ2n) is 3.43. The van der Waals surface area contributed by atoms with Crippen LogP contribution in [0, 0.1) is 0 Å². The number of nitrogens with one attached hydrogen (secondary N) is 2. The zero-order valence-corrected chi connectivity index (χ0v) is 14.2. The molecule has 1 rings (SSSR count). The molecular weight excluding hydrogens is 363 g/mol. The fourth-order valence-electron chi connectivity index (χ4n) is 1.26. The van der Waals surface area contributed by atoms with Gasteiger partial charge in [0.15, 0.2) is 5.96 Å². The first-order chi connectivity index (χ1) is 8.30. The third kappa shape index (κ3) is 6.50. The molecule has 0 aromatic carbocycles. The van der Waals surface area contributed by atoms with E-state index in [0.717, 1.165) is 24.6 Å². The third-order valence-corrected chi connectivity index (χ3v) is 3.20. The molecule has 0 aliphatic carbocycles. The standard InChI is InChI=1S/C11H20N4OS.HI/c1-4-10-15-9(8-17-10)7-14-11(12-2)13-5-6-16-3;/h8H,4-7H2,1-3H3,(H2,12,13,14);1H. The van der Waals surface area contributed by atoms with Crippen molar-refractivity contribution in [1.29, 1.82) is 0 Å². The summed E-state index contributed by atoms with van der Waals surface area (Å²) >= 11 is 1.70. The predicted molar refractivity (Wildman–Crippen MR) is 87.0 cm³/mol. The first kappa shape index (κ1) is 17.6. The van der Waals surface area contributed by atoms with Crippen LogP contribution in [-0.2, 0) is 17.7 Å². The topological polar surface area (TPSA) is 58.5 Å². The van der Waals surface area contributed by atoms with Crippen molar-refractivity contribution in [1.82, 2.24) is 15.6 Å². The summed E-state index contributed by atoms with van der Waals surface area (Å²) in [6, 6.07) is 0. The van der Waals surface area contributed by atoms with Gasteiger partial charge in [0.25, 0.3) is 0 Å². The fraction of sp³-hybridized carbons (Fsp3) is 0.636. The molecule has 18 heavy (non-hydrogen) atoms. The summed E-state index contributed by atoms with van der Waals surface area (Å²) in [4.78, 5) is 8.60. The lowest BCUT2D eigenvalue weighted by Gasteiger charge is -2.10. The summed E-state index contributed by atoms with van der Waals surface area (Å²) in [5.41, 5.74) is 1.06. The zero-order chi connectivity index (χ0) is 12.5. The highest BCUT2D eigenvalue weighted by atomic mass is 127. The number of hydrogen-bond acceptors (Lipinski definition) is 4. The zero-order valence-electron chi connectivity index (χ0n) is 11.0. The van der Waals surface area contributed by atoms with Crippen molar-refractivity contribution < 1.29 is 4.74 Å². The van der Waals surface area contributed by atoms with Crippen molar-refractivity contribution in [3.8, 4) is 0 Å². The average molecular weight is 384 g/mol. The molecule has 7 heteroatoms.